The van der Waals surface area contributed by atoms with Gasteiger partial charge in [-0.2, -0.15) is 0 Å². The van der Waals surface area contributed by atoms with E-state index in [1.54, 1.807) is 12.2 Å². The summed E-state index contributed by atoms with van der Waals surface area (Å²) in [6, 6.07) is 0. The van der Waals surface area contributed by atoms with Crippen LogP contribution in [-0.2, 0) is 9.53 Å². The fraction of sp³-hybridized carbons (Fsp3) is 0.750. The minimum absolute atomic E-state index is 0. The number of carboxylic acids is 1. The van der Waals surface area contributed by atoms with Crippen LogP contribution < -0.4 is 0 Å². The summed E-state index contributed by atoms with van der Waals surface area (Å²) < 4.78 is 34.3. The number of rotatable bonds is 10. The van der Waals surface area contributed by atoms with Gasteiger partial charge in [0.25, 0.3) is 0 Å². The zero-order valence-electron chi connectivity index (χ0n) is 15.3. The molecule has 0 aromatic heterocycles. The van der Waals surface area contributed by atoms with E-state index in [4.69, 9.17) is 9.84 Å². The van der Waals surface area contributed by atoms with Gasteiger partial charge >= 0.3 is 35.5 Å². The molecule has 1 heterocycles. The molecule has 1 aliphatic heterocycles. The molecule has 0 spiro atoms. The molecule has 1 aliphatic carbocycles. The van der Waals surface area contributed by atoms with Gasteiger partial charge in [-0.05, 0) is 44.1 Å². The van der Waals surface area contributed by atoms with Crippen molar-refractivity contribution in [2.75, 3.05) is 0 Å². The van der Waals surface area contributed by atoms with Gasteiger partial charge in [-0.3, -0.25) is 4.79 Å². The average Bonchev–Trinajstić information content (AvgIpc) is 3.14. The molecule has 150 valence electrons. The number of halogens is 2. The second-order valence-corrected chi connectivity index (χ2v) is 7.30. The molecule has 2 rings (SSSR count). The Bertz CT molecular complexity index is 526. The van der Waals surface area contributed by atoms with Crippen molar-refractivity contribution in [3.63, 3.8) is 0 Å². The molecule has 0 radical (unpaired) electrons. The van der Waals surface area contributed by atoms with Crippen LogP contribution in [0.25, 0.3) is 0 Å². The van der Waals surface area contributed by atoms with Crippen molar-refractivity contribution in [3.8, 4) is 0 Å². The Morgan fingerprint density at radius 3 is 2.78 bits per heavy atom. The summed E-state index contributed by atoms with van der Waals surface area (Å²) in [5, 5.41) is 18.5. The molecule has 6 atom stereocenters. The summed E-state index contributed by atoms with van der Waals surface area (Å²) in [7, 11) is 0. The molecule has 1 saturated carbocycles. The summed E-state index contributed by atoms with van der Waals surface area (Å²) in [6.45, 7) is 1.97. The van der Waals surface area contributed by atoms with Crippen LogP contribution in [0.5, 0.6) is 0 Å². The average molecular weight is 396 g/mol. The molecule has 0 aromatic rings. The molecule has 0 bridgehead atoms. The molecular formula is C20H31F2NaO4. The Labute approximate surface area is 182 Å². The number of alkyl halides is 2. The fourth-order valence-corrected chi connectivity index (χ4v) is 3.82. The van der Waals surface area contributed by atoms with Crippen LogP contribution in [-0.4, -0.2) is 70.3 Å². The number of fused-ring (bicyclic) bond motifs is 1. The molecule has 4 nitrogen and oxygen atoms in total. The number of aliphatic hydroxyl groups is 1. The van der Waals surface area contributed by atoms with Crippen molar-refractivity contribution < 1.29 is 28.5 Å². The molecular weight excluding hydrogens is 365 g/mol. The zero-order chi connectivity index (χ0) is 19.1. The molecule has 2 N–H and O–H groups in total. The maximum absolute atomic E-state index is 14.7. The molecule has 27 heavy (non-hydrogen) atoms. The number of hydrogen-bond donors (Lipinski definition) is 2. The van der Waals surface area contributed by atoms with Gasteiger partial charge in [-0.1, -0.05) is 31.9 Å². The Morgan fingerprint density at radius 1 is 1.37 bits per heavy atom. The zero-order valence-corrected chi connectivity index (χ0v) is 15.3. The van der Waals surface area contributed by atoms with Crippen molar-refractivity contribution in [2.45, 2.75) is 82.8 Å². The Morgan fingerprint density at radius 2 is 2.11 bits per heavy atom. The van der Waals surface area contributed by atoms with Crippen LogP contribution in [0.1, 0.15) is 58.3 Å². The standard InChI is InChI=1S/C20H30F2O4.Na.H/c1-2-3-6-14(21)15(23)11-9-13-10-12-16-19(13)20(22)17(26-16)7-4-5-8-18(24)25;;/h7,9,11,13-16,19-20,23H,2-6,8,10,12H2,1H3,(H,24,25);;/b11-9+,17-7-;;/t13-,14+,15+,16-,19+,20?;;/m0../s1. The van der Waals surface area contributed by atoms with Gasteiger partial charge in [0.15, 0.2) is 6.17 Å². The second kappa shape index (κ2) is 12.2. The number of aliphatic hydroxyl groups excluding tert-OH is 1. The van der Waals surface area contributed by atoms with E-state index >= 15 is 0 Å². The third-order valence-corrected chi connectivity index (χ3v) is 5.31. The van der Waals surface area contributed by atoms with Crippen molar-refractivity contribution in [3.05, 3.63) is 24.0 Å². The quantitative estimate of drug-likeness (QED) is 0.336. The van der Waals surface area contributed by atoms with Crippen LogP contribution in [0.2, 0.25) is 0 Å². The van der Waals surface area contributed by atoms with E-state index in [0.717, 1.165) is 25.7 Å². The number of carbonyl (C=O) groups is 1. The maximum atomic E-state index is 14.7. The van der Waals surface area contributed by atoms with Crippen LogP contribution in [0.3, 0.4) is 0 Å². The molecule has 7 heteroatoms. The van der Waals surface area contributed by atoms with Crippen molar-refractivity contribution in [1.29, 1.82) is 0 Å². The molecule has 0 aromatic carbocycles. The van der Waals surface area contributed by atoms with E-state index < -0.39 is 24.4 Å². The van der Waals surface area contributed by atoms with Gasteiger partial charge in [0.05, 0.1) is 0 Å². The van der Waals surface area contributed by atoms with E-state index in [1.807, 2.05) is 6.92 Å². The van der Waals surface area contributed by atoms with E-state index in [0.29, 0.717) is 25.0 Å². The number of aliphatic carboxylic acids is 1. The summed E-state index contributed by atoms with van der Waals surface area (Å²) in [5.74, 6) is -0.945. The third kappa shape index (κ3) is 7.15. The molecule has 2 aliphatic rings. The first-order valence-electron chi connectivity index (χ1n) is 9.67. The van der Waals surface area contributed by atoms with Crippen LogP contribution in [0, 0.1) is 11.8 Å². The van der Waals surface area contributed by atoms with Gasteiger partial charge in [-0.15, -0.1) is 0 Å². The van der Waals surface area contributed by atoms with E-state index in [9.17, 15) is 18.7 Å². The monoisotopic (exact) mass is 396 g/mol. The number of hydrogen-bond acceptors (Lipinski definition) is 3. The first-order chi connectivity index (χ1) is 12.4. The van der Waals surface area contributed by atoms with Crippen molar-refractivity contribution >= 4 is 35.5 Å². The summed E-state index contributed by atoms with van der Waals surface area (Å²) in [6.07, 6.45) is 5.45. The summed E-state index contributed by atoms with van der Waals surface area (Å²) in [4.78, 5) is 10.5. The SMILES string of the molecule is CCCC[C@@H](F)[C@H](O)/C=C/[C@H]1CC[C@@H]2O/C(=C\CCCC(=O)O)C(F)[C@@H]21.[NaH]. The van der Waals surface area contributed by atoms with Gasteiger partial charge in [0.2, 0.25) is 0 Å². The van der Waals surface area contributed by atoms with Gasteiger partial charge in [0, 0.05) is 12.3 Å². The molecule has 2 fully saturated rings. The topological polar surface area (TPSA) is 66.8 Å². The summed E-state index contributed by atoms with van der Waals surface area (Å²) in [5.41, 5.74) is 0. The van der Waals surface area contributed by atoms with E-state index in [2.05, 4.69) is 0 Å². The van der Waals surface area contributed by atoms with Gasteiger partial charge in [-0.25, -0.2) is 8.78 Å². The van der Waals surface area contributed by atoms with Crippen LogP contribution in [0.4, 0.5) is 8.78 Å². The van der Waals surface area contributed by atoms with E-state index in [-0.39, 0.29) is 53.9 Å². The Balaban J connectivity index is 0.00000364. The molecule has 0 amide bonds. The predicted octanol–water partition coefficient (Wildman–Crippen LogP) is 3.69. The van der Waals surface area contributed by atoms with E-state index in [1.165, 1.54) is 6.08 Å². The van der Waals surface area contributed by atoms with Crippen molar-refractivity contribution in [2.24, 2.45) is 11.8 Å². The molecule has 1 unspecified atom stereocenters. The Kier molecular flexibility index (Phi) is 11.1. The fourth-order valence-electron chi connectivity index (χ4n) is 3.82. The number of ether oxygens (including phenoxy) is 1. The van der Waals surface area contributed by atoms with Crippen LogP contribution >= 0.6 is 0 Å². The van der Waals surface area contributed by atoms with Gasteiger partial charge < -0.3 is 14.9 Å². The number of carboxylic acid groups (broad SMARTS) is 1. The predicted molar refractivity (Wildman–Crippen MR) is 102 cm³/mol. The molecule has 1 saturated heterocycles. The third-order valence-electron chi connectivity index (χ3n) is 5.31. The number of unbranched alkanes of at least 4 members (excludes halogenated alkanes) is 2. The normalized spacial score (nSPS) is 30.7. The van der Waals surface area contributed by atoms with Crippen LogP contribution in [0.15, 0.2) is 24.0 Å². The van der Waals surface area contributed by atoms with Gasteiger partial charge in [0.1, 0.15) is 24.1 Å². The Hall–Kier alpha value is -0.430. The second-order valence-electron chi connectivity index (χ2n) is 7.30. The number of allylic oxidation sites excluding steroid dienone is 3. The first-order valence-corrected chi connectivity index (χ1v) is 9.67. The summed E-state index contributed by atoms with van der Waals surface area (Å²) >= 11 is 0. The minimum atomic E-state index is -1.28. The van der Waals surface area contributed by atoms with Crippen molar-refractivity contribution in [1.82, 2.24) is 0 Å². The first kappa shape index (κ1) is 24.6.